The van der Waals surface area contributed by atoms with Crippen molar-refractivity contribution in [3.8, 4) is 34.0 Å². The topological polar surface area (TPSA) is 84.3 Å². The first-order valence-electron chi connectivity index (χ1n) is 22.1. The third kappa shape index (κ3) is 7.36. The molecule has 0 fully saturated rings. The zero-order valence-electron chi connectivity index (χ0n) is 35.6. The highest BCUT2D eigenvalue weighted by Gasteiger charge is 2.24. The quantitative estimate of drug-likeness (QED) is 0.134. The van der Waals surface area contributed by atoms with Gasteiger partial charge in [-0.1, -0.05) is 115 Å². The van der Waals surface area contributed by atoms with Crippen LogP contribution in [0.1, 0.15) is 12.3 Å². The first kappa shape index (κ1) is 38.8. The van der Waals surface area contributed by atoms with E-state index in [1.165, 1.54) is 0 Å². The summed E-state index contributed by atoms with van der Waals surface area (Å²) >= 11 is 0. The minimum absolute atomic E-state index is 0.0302. The lowest BCUT2D eigenvalue weighted by Gasteiger charge is -2.33. The minimum atomic E-state index is 0.0302. The Labute approximate surface area is 381 Å². The van der Waals surface area contributed by atoms with Crippen LogP contribution >= 0.6 is 0 Å². The molecule has 0 N–H and O–H groups in total. The molecule has 0 amide bonds. The standard InChI is InChI=1S/C58H40N6O2/c1-3-17-43(18-4-1)63(45-33-29-39(30-34-45)57-61-51-25-9-11-27-53(51)65-57)47-21-13-15-41(37-47)55-56(60-50-24-8-7-23-49(50)59-55)42-16-14-22-48(38-42)64(44-19-5-2-6-20-44)46-35-31-40(32-36-46)58-62-52-26-10-12-28-54(52)66-58/h1-35,37-38,46H,36H2. The van der Waals surface area contributed by atoms with Gasteiger partial charge in [-0.15, -0.1) is 0 Å². The summed E-state index contributed by atoms with van der Waals surface area (Å²) in [5.41, 5.74) is 15.4. The van der Waals surface area contributed by atoms with Crippen LogP contribution in [0.15, 0.2) is 233 Å². The molecule has 8 aromatic carbocycles. The van der Waals surface area contributed by atoms with Crippen LogP contribution in [0.2, 0.25) is 0 Å². The number of aromatic nitrogens is 4. The van der Waals surface area contributed by atoms with Crippen molar-refractivity contribution in [1.82, 2.24) is 19.9 Å². The molecule has 3 heterocycles. The van der Waals surface area contributed by atoms with E-state index in [0.29, 0.717) is 11.8 Å². The van der Waals surface area contributed by atoms with Gasteiger partial charge in [0.05, 0.1) is 28.5 Å². The highest BCUT2D eigenvalue weighted by Crippen LogP contribution is 2.41. The van der Waals surface area contributed by atoms with Gasteiger partial charge in [0.1, 0.15) is 11.0 Å². The Balaban J connectivity index is 0.925. The zero-order valence-corrected chi connectivity index (χ0v) is 35.6. The van der Waals surface area contributed by atoms with Crippen LogP contribution in [0.4, 0.5) is 28.4 Å². The van der Waals surface area contributed by atoms with Crippen molar-refractivity contribution in [2.24, 2.45) is 0 Å². The molecule has 1 unspecified atom stereocenters. The van der Waals surface area contributed by atoms with Crippen LogP contribution in [0.3, 0.4) is 0 Å². The molecule has 0 bridgehead atoms. The molecule has 12 rings (SSSR count). The van der Waals surface area contributed by atoms with Crippen molar-refractivity contribution >= 4 is 67.2 Å². The molecule has 8 heteroatoms. The summed E-state index contributed by atoms with van der Waals surface area (Å²) in [6.07, 6.45) is 7.36. The Morgan fingerprint density at radius 3 is 1.50 bits per heavy atom. The van der Waals surface area contributed by atoms with E-state index in [9.17, 15) is 0 Å². The lowest BCUT2D eigenvalue weighted by Crippen LogP contribution is -2.30. The SMILES string of the molecule is C1=CC(N(c2ccccc2)c2cccc(-c3nc4ccccc4nc3-c3cccc(N(c4ccccc4)c4ccc(-c5nc6ccccc6o5)cc4)c3)c2)CC=C1c1nc2ccccc2o1. The molecule has 11 aromatic rings. The van der Waals surface area contributed by atoms with Crippen molar-refractivity contribution in [2.75, 3.05) is 9.80 Å². The molecule has 0 spiro atoms. The number of hydrogen-bond acceptors (Lipinski definition) is 8. The van der Waals surface area contributed by atoms with Crippen LogP contribution in [0.25, 0.3) is 72.8 Å². The number of anilines is 5. The Morgan fingerprint density at radius 2 is 0.894 bits per heavy atom. The molecule has 0 radical (unpaired) electrons. The average molecular weight is 853 g/mol. The van der Waals surface area contributed by atoms with E-state index in [4.69, 9.17) is 28.8 Å². The Morgan fingerprint density at radius 1 is 0.394 bits per heavy atom. The minimum Gasteiger partial charge on any atom is -0.436 e. The second-order valence-electron chi connectivity index (χ2n) is 16.2. The van der Waals surface area contributed by atoms with Gasteiger partial charge in [-0.05, 0) is 116 Å². The van der Waals surface area contributed by atoms with Gasteiger partial charge in [0.15, 0.2) is 11.2 Å². The molecule has 1 aliphatic rings. The van der Waals surface area contributed by atoms with Crippen molar-refractivity contribution in [3.05, 3.63) is 230 Å². The van der Waals surface area contributed by atoms with Crippen LogP contribution in [0, 0.1) is 0 Å². The van der Waals surface area contributed by atoms with E-state index < -0.39 is 0 Å². The van der Waals surface area contributed by atoms with Gasteiger partial charge < -0.3 is 18.6 Å². The van der Waals surface area contributed by atoms with Crippen molar-refractivity contribution in [2.45, 2.75) is 12.5 Å². The predicted octanol–water partition coefficient (Wildman–Crippen LogP) is 14.9. The third-order valence-electron chi connectivity index (χ3n) is 12.0. The highest BCUT2D eigenvalue weighted by molar-refractivity contribution is 5.90. The summed E-state index contributed by atoms with van der Waals surface area (Å²) in [5.74, 6) is 1.22. The number of rotatable bonds is 10. The summed E-state index contributed by atoms with van der Waals surface area (Å²) in [5, 5.41) is 0. The monoisotopic (exact) mass is 852 g/mol. The molecule has 314 valence electrons. The number of oxazole rings is 2. The van der Waals surface area contributed by atoms with Gasteiger partial charge in [-0.25, -0.2) is 19.9 Å². The molecule has 0 saturated carbocycles. The Bertz CT molecular complexity index is 3530. The zero-order chi connectivity index (χ0) is 43.8. The fourth-order valence-corrected chi connectivity index (χ4v) is 8.85. The summed E-state index contributed by atoms with van der Waals surface area (Å²) in [4.78, 5) is 24.9. The number of para-hydroxylation sites is 8. The maximum atomic E-state index is 6.14. The normalized spacial score (nSPS) is 13.6. The van der Waals surface area contributed by atoms with Gasteiger partial charge in [0, 0.05) is 50.7 Å². The smallest absolute Gasteiger partial charge is 0.227 e. The second kappa shape index (κ2) is 16.7. The van der Waals surface area contributed by atoms with Crippen LogP contribution in [0.5, 0.6) is 0 Å². The first-order chi connectivity index (χ1) is 32.7. The maximum absolute atomic E-state index is 6.14. The molecule has 8 nitrogen and oxygen atoms in total. The number of nitrogens with zero attached hydrogens (tertiary/aromatic N) is 6. The molecule has 3 aromatic heterocycles. The molecular weight excluding hydrogens is 813 g/mol. The average Bonchev–Trinajstić information content (AvgIpc) is 4.03. The van der Waals surface area contributed by atoms with Gasteiger partial charge >= 0.3 is 0 Å². The largest absolute Gasteiger partial charge is 0.436 e. The Kier molecular flexibility index (Phi) is 9.79. The van der Waals surface area contributed by atoms with E-state index in [2.05, 4.69) is 155 Å². The summed E-state index contributed by atoms with van der Waals surface area (Å²) in [6, 6.07) is 70.4. The van der Waals surface area contributed by atoms with Crippen molar-refractivity contribution in [1.29, 1.82) is 0 Å². The third-order valence-corrected chi connectivity index (χ3v) is 12.0. The van der Waals surface area contributed by atoms with E-state index >= 15 is 0 Å². The summed E-state index contributed by atoms with van der Waals surface area (Å²) in [6.45, 7) is 0. The van der Waals surface area contributed by atoms with Crippen molar-refractivity contribution in [3.63, 3.8) is 0 Å². The predicted molar refractivity (Wildman–Crippen MR) is 266 cm³/mol. The van der Waals surface area contributed by atoms with Crippen LogP contribution in [-0.4, -0.2) is 26.0 Å². The fraction of sp³-hybridized carbons (Fsp3) is 0.0345. The Hall–Kier alpha value is -8.88. The fourth-order valence-electron chi connectivity index (χ4n) is 8.85. The lowest BCUT2D eigenvalue weighted by molar-refractivity contribution is 0.584. The lowest BCUT2D eigenvalue weighted by atomic mass is 9.98. The number of fused-ring (bicyclic) bond motifs is 3. The van der Waals surface area contributed by atoms with Gasteiger partial charge in [0.2, 0.25) is 11.8 Å². The maximum Gasteiger partial charge on any atom is 0.227 e. The molecular formula is C58H40N6O2. The van der Waals surface area contributed by atoms with E-state index in [-0.39, 0.29) is 6.04 Å². The summed E-state index contributed by atoms with van der Waals surface area (Å²) < 4.78 is 12.3. The second-order valence-corrected chi connectivity index (χ2v) is 16.2. The van der Waals surface area contributed by atoms with Crippen LogP contribution < -0.4 is 9.80 Å². The van der Waals surface area contributed by atoms with Gasteiger partial charge in [0.25, 0.3) is 0 Å². The summed E-state index contributed by atoms with van der Waals surface area (Å²) in [7, 11) is 0. The molecule has 1 aliphatic carbocycles. The van der Waals surface area contributed by atoms with Crippen molar-refractivity contribution < 1.29 is 8.83 Å². The highest BCUT2D eigenvalue weighted by atomic mass is 16.4. The van der Waals surface area contributed by atoms with E-state index in [1.54, 1.807) is 0 Å². The van der Waals surface area contributed by atoms with E-state index in [1.807, 2.05) is 78.9 Å². The number of benzene rings is 8. The molecule has 0 saturated heterocycles. The molecule has 1 atom stereocenters. The van der Waals surface area contributed by atoms with E-state index in [0.717, 1.165) is 102 Å². The molecule has 0 aliphatic heterocycles. The molecule has 66 heavy (non-hydrogen) atoms. The van der Waals surface area contributed by atoms with Crippen LogP contribution in [-0.2, 0) is 0 Å². The number of allylic oxidation sites excluding steroid dienone is 2. The van der Waals surface area contributed by atoms with Gasteiger partial charge in [-0.3, -0.25) is 0 Å². The first-order valence-corrected chi connectivity index (χ1v) is 22.1. The van der Waals surface area contributed by atoms with Gasteiger partial charge in [-0.2, -0.15) is 0 Å². The number of hydrogen-bond donors (Lipinski definition) is 0.